The first-order valence-electron chi connectivity index (χ1n) is 9.28. The molecule has 1 aromatic rings. The summed E-state index contributed by atoms with van der Waals surface area (Å²) in [4.78, 5) is 26.0. The van der Waals surface area contributed by atoms with Crippen molar-refractivity contribution in [1.82, 2.24) is 0 Å². The third kappa shape index (κ3) is 4.03. The largest absolute Gasteiger partial charge is 0.457 e. The Kier molecular flexibility index (Phi) is 6.30. The first-order valence-corrected chi connectivity index (χ1v) is 9.28. The summed E-state index contributed by atoms with van der Waals surface area (Å²) in [6, 6.07) is 6.34. The molecule has 0 bridgehead atoms. The number of carbonyl (C=O) groups is 2. The van der Waals surface area contributed by atoms with Gasteiger partial charge in [0.25, 0.3) is 0 Å². The predicted molar refractivity (Wildman–Crippen MR) is 101 cm³/mol. The zero-order valence-corrected chi connectivity index (χ0v) is 16.1. The van der Waals surface area contributed by atoms with Crippen molar-refractivity contribution in [2.75, 3.05) is 6.61 Å². The molecule has 29 heavy (non-hydrogen) atoms. The van der Waals surface area contributed by atoms with Gasteiger partial charge >= 0.3 is 0 Å². The van der Waals surface area contributed by atoms with Crippen molar-refractivity contribution in [3.63, 3.8) is 0 Å². The summed E-state index contributed by atoms with van der Waals surface area (Å²) in [7, 11) is 0. The van der Waals surface area contributed by atoms with E-state index < -0.39 is 43.1 Å². The second-order valence-corrected chi connectivity index (χ2v) is 7.31. The number of benzene rings is 1. The van der Waals surface area contributed by atoms with Crippen molar-refractivity contribution in [2.24, 2.45) is 0 Å². The molecular weight excluding hydrogens is 380 g/mol. The van der Waals surface area contributed by atoms with Gasteiger partial charge in [-0.05, 0) is 20.3 Å². The average molecular weight is 404 g/mol. The molecule has 1 aliphatic heterocycles. The quantitative estimate of drug-likeness (QED) is 0.521. The Morgan fingerprint density at radius 2 is 1.66 bits per heavy atom. The second kappa shape index (κ2) is 8.56. The summed E-state index contributed by atoms with van der Waals surface area (Å²) in [6.07, 6.45) is -5.75. The van der Waals surface area contributed by atoms with Crippen LogP contribution < -0.4 is 0 Å². The number of aliphatic hydroxyl groups is 4. The van der Waals surface area contributed by atoms with Gasteiger partial charge in [0.2, 0.25) is 12.1 Å². The lowest BCUT2D eigenvalue weighted by Gasteiger charge is -2.40. The van der Waals surface area contributed by atoms with Crippen LogP contribution in [0.25, 0.3) is 0 Å². The first-order chi connectivity index (χ1) is 13.8. The summed E-state index contributed by atoms with van der Waals surface area (Å²) in [5.74, 6) is -1.21. The molecule has 0 aromatic heterocycles. The Morgan fingerprint density at radius 3 is 2.24 bits per heavy atom. The van der Waals surface area contributed by atoms with E-state index in [1.54, 1.807) is 24.3 Å². The van der Waals surface area contributed by atoms with E-state index in [9.17, 15) is 30.0 Å². The number of ketones is 2. The topological polar surface area (TPSA) is 134 Å². The smallest absolute Gasteiger partial charge is 0.229 e. The number of aliphatic hydroxyl groups excluding tert-OH is 4. The molecule has 4 N–H and O–H groups in total. The lowest BCUT2D eigenvalue weighted by atomic mass is 9.86. The molecule has 8 nitrogen and oxygen atoms in total. The molecule has 0 spiro atoms. The van der Waals surface area contributed by atoms with Crippen LogP contribution in [-0.4, -0.2) is 69.3 Å². The Labute approximate surface area is 167 Å². The molecule has 5 atom stereocenters. The maximum atomic E-state index is 13.0. The predicted octanol–water partition coefficient (Wildman–Crippen LogP) is 0.492. The van der Waals surface area contributed by atoms with Crippen LogP contribution in [0.4, 0.5) is 0 Å². The average Bonchev–Trinajstić information content (AvgIpc) is 2.71. The van der Waals surface area contributed by atoms with E-state index in [4.69, 9.17) is 9.47 Å². The highest BCUT2D eigenvalue weighted by molar-refractivity contribution is 6.26. The Morgan fingerprint density at radius 1 is 1.03 bits per heavy atom. The van der Waals surface area contributed by atoms with Gasteiger partial charge in [-0.1, -0.05) is 35.9 Å². The minimum atomic E-state index is -1.69. The van der Waals surface area contributed by atoms with Gasteiger partial charge < -0.3 is 29.9 Å². The van der Waals surface area contributed by atoms with E-state index >= 15 is 0 Å². The Bertz CT molecular complexity index is 865. The van der Waals surface area contributed by atoms with Crippen molar-refractivity contribution in [1.29, 1.82) is 0 Å². The zero-order valence-electron chi connectivity index (χ0n) is 16.1. The van der Waals surface area contributed by atoms with E-state index in [-0.39, 0.29) is 34.7 Å². The van der Waals surface area contributed by atoms with Gasteiger partial charge in [-0.2, -0.15) is 0 Å². The number of Topliss-reactive ketones (excluding diaryl/α,β-unsaturated/α-hetero) is 2. The molecule has 1 heterocycles. The molecule has 2 aliphatic rings. The number of rotatable bonds is 5. The van der Waals surface area contributed by atoms with Gasteiger partial charge in [0.05, 0.1) is 12.2 Å². The monoisotopic (exact) mass is 404 g/mol. The summed E-state index contributed by atoms with van der Waals surface area (Å²) in [6.45, 7) is 3.06. The molecule has 1 aromatic carbocycles. The molecule has 156 valence electrons. The van der Waals surface area contributed by atoms with Gasteiger partial charge in [-0.15, -0.1) is 0 Å². The highest BCUT2D eigenvalue weighted by atomic mass is 16.7. The molecule has 1 saturated heterocycles. The van der Waals surface area contributed by atoms with E-state index in [1.807, 2.05) is 13.8 Å². The van der Waals surface area contributed by atoms with E-state index in [1.165, 1.54) is 6.07 Å². The SMILES string of the molecule is CC(C)=CCC1=C(O[C@H]2O[C@@H](CO)[C@@H](O)[C@@H](O)[C@@H]2O)C(=O)c2ccccc2C1=O. The number of allylic oxidation sites excluding steroid dienone is 4. The molecule has 0 radical (unpaired) electrons. The Hall–Kier alpha value is -2.36. The fourth-order valence-electron chi connectivity index (χ4n) is 3.30. The number of fused-ring (bicyclic) bond motifs is 1. The molecule has 1 fully saturated rings. The lowest BCUT2D eigenvalue weighted by Crippen LogP contribution is -2.59. The van der Waals surface area contributed by atoms with E-state index in [2.05, 4.69) is 0 Å². The summed E-state index contributed by atoms with van der Waals surface area (Å²) in [5.41, 5.74) is 1.46. The van der Waals surface area contributed by atoms with Crippen molar-refractivity contribution >= 4 is 11.6 Å². The molecular formula is C21H24O8. The van der Waals surface area contributed by atoms with Crippen LogP contribution in [0.15, 0.2) is 47.2 Å². The van der Waals surface area contributed by atoms with Crippen LogP contribution >= 0.6 is 0 Å². The molecule has 1 aliphatic carbocycles. The lowest BCUT2D eigenvalue weighted by molar-refractivity contribution is -0.290. The highest BCUT2D eigenvalue weighted by Gasteiger charge is 2.46. The van der Waals surface area contributed by atoms with Gasteiger partial charge in [0.1, 0.15) is 24.4 Å². The van der Waals surface area contributed by atoms with Crippen molar-refractivity contribution in [3.05, 3.63) is 58.4 Å². The standard InChI is InChI=1S/C21H24O8/c1-10(2)7-8-13-15(23)11-5-3-4-6-12(11)16(24)20(13)29-21-19(27)18(26)17(25)14(9-22)28-21/h3-7,14,17-19,21-22,25-27H,8-9H2,1-2H3/t14-,17+,18+,19-,21+/m0/s1. The van der Waals surface area contributed by atoms with E-state index in [0.717, 1.165) is 5.57 Å². The van der Waals surface area contributed by atoms with Gasteiger partial charge in [0, 0.05) is 11.1 Å². The van der Waals surface area contributed by atoms with Gasteiger partial charge in [-0.3, -0.25) is 9.59 Å². The van der Waals surface area contributed by atoms with Crippen molar-refractivity contribution in [3.8, 4) is 0 Å². The van der Waals surface area contributed by atoms with Gasteiger partial charge in [0.15, 0.2) is 11.5 Å². The highest BCUT2D eigenvalue weighted by Crippen LogP contribution is 2.32. The van der Waals surface area contributed by atoms with Gasteiger partial charge in [-0.25, -0.2) is 0 Å². The minimum Gasteiger partial charge on any atom is -0.457 e. The molecule has 0 saturated carbocycles. The summed E-state index contributed by atoms with van der Waals surface area (Å²) < 4.78 is 10.9. The fourth-order valence-corrected chi connectivity index (χ4v) is 3.30. The molecule has 8 heteroatoms. The maximum absolute atomic E-state index is 13.0. The molecule has 0 amide bonds. The minimum absolute atomic E-state index is 0.104. The number of hydrogen-bond acceptors (Lipinski definition) is 8. The fraction of sp³-hybridized carbons (Fsp3) is 0.429. The van der Waals surface area contributed by atoms with Crippen LogP contribution in [0, 0.1) is 0 Å². The van der Waals surface area contributed by atoms with Crippen molar-refractivity contribution < 1.29 is 39.5 Å². The number of ether oxygens (including phenoxy) is 2. The van der Waals surface area contributed by atoms with Crippen LogP contribution in [0.1, 0.15) is 41.0 Å². The van der Waals surface area contributed by atoms with Crippen molar-refractivity contribution in [2.45, 2.75) is 51.0 Å². The summed E-state index contributed by atoms with van der Waals surface area (Å²) in [5, 5.41) is 39.4. The zero-order chi connectivity index (χ0) is 21.3. The normalized spacial score (nSPS) is 29.5. The maximum Gasteiger partial charge on any atom is 0.229 e. The summed E-state index contributed by atoms with van der Waals surface area (Å²) >= 11 is 0. The van der Waals surface area contributed by atoms with Crippen LogP contribution in [0.5, 0.6) is 0 Å². The van der Waals surface area contributed by atoms with Crippen LogP contribution in [0.2, 0.25) is 0 Å². The van der Waals surface area contributed by atoms with Crippen LogP contribution in [-0.2, 0) is 9.47 Å². The first kappa shape index (κ1) is 21.4. The molecule has 0 unspecified atom stereocenters. The third-order valence-electron chi connectivity index (χ3n) is 4.97. The van der Waals surface area contributed by atoms with Crippen LogP contribution in [0.3, 0.4) is 0 Å². The third-order valence-corrected chi connectivity index (χ3v) is 4.97. The molecule has 3 rings (SSSR count). The second-order valence-electron chi connectivity index (χ2n) is 7.31. The Balaban J connectivity index is 2.00. The van der Waals surface area contributed by atoms with E-state index in [0.29, 0.717) is 0 Å². The number of hydrogen-bond donors (Lipinski definition) is 4. The number of carbonyl (C=O) groups excluding carboxylic acids is 2.